The number of aromatic nitrogens is 3. The number of nitrogens with zero attached hydrogens (tertiary/aromatic N) is 4. The molecule has 0 spiro atoms. The molecule has 11 nitrogen and oxygen atoms in total. The Labute approximate surface area is 222 Å². The van der Waals surface area contributed by atoms with Gasteiger partial charge in [0.15, 0.2) is 0 Å². The van der Waals surface area contributed by atoms with Gasteiger partial charge in [-0.1, -0.05) is 23.2 Å². The van der Waals surface area contributed by atoms with Gasteiger partial charge in [0.2, 0.25) is 17.2 Å². The van der Waals surface area contributed by atoms with E-state index < -0.39 is 10.9 Å². The quantitative estimate of drug-likeness (QED) is 0.185. The van der Waals surface area contributed by atoms with Gasteiger partial charge in [-0.2, -0.15) is 15.0 Å². The Morgan fingerprint density at radius 2 is 1.78 bits per heavy atom. The van der Waals surface area contributed by atoms with Crippen LogP contribution >= 0.6 is 34.8 Å². The monoisotopic (exact) mass is 556 g/mol. The van der Waals surface area contributed by atoms with Crippen LogP contribution < -0.4 is 15.4 Å². The summed E-state index contributed by atoms with van der Waals surface area (Å²) in [7, 11) is 1.13. The van der Waals surface area contributed by atoms with Crippen LogP contribution in [0.15, 0.2) is 36.4 Å². The van der Waals surface area contributed by atoms with Gasteiger partial charge < -0.3 is 20.1 Å². The maximum atomic E-state index is 11.6. The Bertz CT molecular complexity index is 1230. The van der Waals surface area contributed by atoms with E-state index in [1.54, 1.807) is 12.1 Å². The van der Waals surface area contributed by atoms with E-state index in [1.165, 1.54) is 18.2 Å². The first kappa shape index (κ1) is 28.8. The van der Waals surface area contributed by atoms with Crippen LogP contribution in [0, 0.1) is 10.1 Å². The molecule has 2 aromatic carbocycles. The third-order valence-corrected chi connectivity index (χ3v) is 4.75. The van der Waals surface area contributed by atoms with E-state index in [0.29, 0.717) is 22.7 Å². The van der Waals surface area contributed by atoms with Crippen molar-refractivity contribution >= 4 is 58.4 Å². The number of methoxy groups -OCH3 is 1. The van der Waals surface area contributed by atoms with Crippen molar-refractivity contribution in [2.45, 2.75) is 26.8 Å². The molecule has 0 bridgehead atoms. The summed E-state index contributed by atoms with van der Waals surface area (Å²) in [5, 5.41) is 17.9. The molecule has 1 aromatic heterocycles. The summed E-state index contributed by atoms with van der Waals surface area (Å²) in [5.74, 6) is 0.664. The number of carbonyl (C=O) groups is 1. The molecule has 0 radical (unpaired) electrons. The minimum absolute atomic E-state index is 0.194. The zero-order valence-electron chi connectivity index (χ0n) is 19.7. The van der Waals surface area contributed by atoms with Gasteiger partial charge in [-0.05, 0) is 56.6 Å². The molecule has 3 rings (SSSR count). The third kappa shape index (κ3) is 8.67. The summed E-state index contributed by atoms with van der Waals surface area (Å²) >= 11 is 17.5. The van der Waals surface area contributed by atoms with Crippen molar-refractivity contribution in [1.29, 1.82) is 0 Å². The maximum Gasteiger partial charge on any atom is 0.345 e. The molecule has 0 aliphatic carbocycles. The second-order valence-corrected chi connectivity index (χ2v) is 8.37. The van der Waals surface area contributed by atoms with Crippen molar-refractivity contribution < 1.29 is 19.2 Å². The molecule has 0 aliphatic rings. The first-order valence-corrected chi connectivity index (χ1v) is 11.6. The van der Waals surface area contributed by atoms with Crippen molar-refractivity contribution in [3.05, 3.63) is 67.4 Å². The van der Waals surface area contributed by atoms with E-state index in [1.807, 2.05) is 20.8 Å². The Morgan fingerprint density at radius 3 is 2.36 bits per heavy atom. The number of rotatable bonds is 8. The smallest absolute Gasteiger partial charge is 0.345 e. The number of ether oxygens (including phenoxy) is 2. The fraction of sp³-hybridized carbons (Fsp3) is 0.273. The maximum absolute atomic E-state index is 11.6. The summed E-state index contributed by atoms with van der Waals surface area (Å²) in [6.45, 7) is 6.73. The molecular weight excluding hydrogens is 535 g/mol. The lowest BCUT2D eigenvalue weighted by Gasteiger charge is -2.09. The first-order chi connectivity index (χ1) is 17.0. The second kappa shape index (κ2) is 13.6. The number of nitro groups is 1. The van der Waals surface area contributed by atoms with E-state index in [-0.39, 0.29) is 33.3 Å². The van der Waals surface area contributed by atoms with Crippen molar-refractivity contribution in [2.75, 3.05) is 24.3 Å². The average Bonchev–Trinajstić information content (AvgIpc) is 2.80. The Morgan fingerprint density at radius 1 is 1.08 bits per heavy atom. The SMILES string of the molecule is CCNc1nc(Cl)nc(NC(C)C)n1.COC(=O)c1cc(Oc2ccc(Cl)cc2Cl)ccc1[N+](=O)[O-]. The second-order valence-electron chi connectivity index (χ2n) is 7.19. The van der Waals surface area contributed by atoms with Gasteiger partial charge in [-0.15, -0.1) is 0 Å². The van der Waals surface area contributed by atoms with E-state index >= 15 is 0 Å². The number of hydrogen-bond donors (Lipinski definition) is 2. The number of nitro benzene ring substituents is 1. The molecule has 0 atom stereocenters. The molecule has 1 heterocycles. The van der Waals surface area contributed by atoms with Gasteiger partial charge in [0.25, 0.3) is 5.69 Å². The molecular formula is C22H23Cl3N6O5. The zero-order valence-corrected chi connectivity index (χ0v) is 22.0. The van der Waals surface area contributed by atoms with Crippen LogP contribution in [0.4, 0.5) is 17.6 Å². The zero-order chi connectivity index (χ0) is 26.8. The van der Waals surface area contributed by atoms with Crippen LogP contribution in [0.3, 0.4) is 0 Å². The first-order valence-electron chi connectivity index (χ1n) is 10.5. The predicted octanol–water partition coefficient (Wildman–Crippen LogP) is 6.26. The van der Waals surface area contributed by atoms with Gasteiger partial charge in [0.05, 0.1) is 17.1 Å². The Balaban J connectivity index is 0.000000281. The number of halogens is 3. The molecule has 2 N–H and O–H groups in total. The van der Waals surface area contributed by atoms with Crippen LogP contribution in [0.5, 0.6) is 11.5 Å². The number of hydrogen-bond acceptors (Lipinski definition) is 10. The van der Waals surface area contributed by atoms with Crippen molar-refractivity contribution in [3.8, 4) is 11.5 Å². The van der Waals surface area contributed by atoms with Crippen molar-refractivity contribution in [1.82, 2.24) is 15.0 Å². The number of esters is 1. The lowest BCUT2D eigenvalue weighted by Crippen LogP contribution is -2.14. The molecule has 0 fully saturated rings. The average molecular weight is 558 g/mol. The van der Waals surface area contributed by atoms with E-state index in [4.69, 9.17) is 39.5 Å². The minimum atomic E-state index is -0.834. The molecule has 0 unspecified atom stereocenters. The summed E-state index contributed by atoms with van der Waals surface area (Å²) in [4.78, 5) is 33.9. The van der Waals surface area contributed by atoms with Gasteiger partial charge in [0, 0.05) is 29.7 Å². The third-order valence-electron chi connectivity index (χ3n) is 4.05. The molecule has 3 aromatic rings. The van der Waals surface area contributed by atoms with Crippen LogP contribution in [-0.2, 0) is 4.74 Å². The summed E-state index contributed by atoms with van der Waals surface area (Å²) in [6, 6.07) is 8.61. The van der Waals surface area contributed by atoms with E-state index in [2.05, 4.69) is 30.3 Å². The molecule has 0 saturated heterocycles. The van der Waals surface area contributed by atoms with Gasteiger partial charge in [-0.25, -0.2) is 4.79 Å². The highest BCUT2D eigenvalue weighted by atomic mass is 35.5. The summed E-state index contributed by atoms with van der Waals surface area (Å²) in [6.07, 6.45) is 0. The fourth-order valence-electron chi connectivity index (χ4n) is 2.61. The number of anilines is 2. The van der Waals surface area contributed by atoms with E-state index in [0.717, 1.165) is 19.7 Å². The molecule has 0 saturated carbocycles. The van der Waals surface area contributed by atoms with Crippen LogP contribution in [0.2, 0.25) is 15.3 Å². The summed E-state index contributed by atoms with van der Waals surface area (Å²) < 4.78 is 10.0. The Kier molecular flexibility index (Phi) is 10.9. The standard InChI is InChI=1S/C14H9Cl2NO5.C8H14ClN5/c1-21-14(18)10-7-9(3-4-12(10)17(19)20)22-13-5-2-8(15)6-11(13)16;1-4-10-7-12-6(9)13-8(14-7)11-5(2)3/h2-7H,1H3;5H,4H2,1-3H3,(H2,10,11,12,13,14). The van der Waals surface area contributed by atoms with Gasteiger partial charge in [-0.3, -0.25) is 10.1 Å². The molecule has 36 heavy (non-hydrogen) atoms. The summed E-state index contributed by atoms with van der Waals surface area (Å²) in [5.41, 5.74) is -0.587. The highest BCUT2D eigenvalue weighted by Crippen LogP contribution is 2.33. The lowest BCUT2D eigenvalue weighted by molar-refractivity contribution is -0.385. The van der Waals surface area contributed by atoms with Gasteiger partial charge >= 0.3 is 5.97 Å². The molecule has 192 valence electrons. The van der Waals surface area contributed by atoms with Crippen LogP contribution in [0.25, 0.3) is 0 Å². The highest BCUT2D eigenvalue weighted by Gasteiger charge is 2.22. The fourth-order valence-corrected chi connectivity index (χ4v) is 3.21. The lowest BCUT2D eigenvalue weighted by atomic mass is 10.1. The van der Waals surface area contributed by atoms with Gasteiger partial charge in [0.1, 0.15) is 17.1 Å². The number of benzene rings is 2. The van der Waals surface area contributed by atoms with E-state index in [9.17, 15) is 14.9 Å². The normalized spacial score (nSPS) is 10.2. The number of nitrogens with one attached hydrogen (secondary N) is 2. The predicted molar refractivity (Wildman–Crippen MR) is 139 cm³/mol. The Hall–Kier alpha value is -3.41. The number of carbonyl (C=O) groups excluding carboxylic acids is 1. The van der Waals surface area contributed by atoms with Crippen LogP contribution in [-0.4, -0.2) is 45.5 Å². The topological polar surface area (TPSA) is 141 Å². The molecule has 0 aliphatic heterocycles. The highest BCUT2D eigenvalue weighted by molar-refractivity contribution is 6.35. The van der Waals surface area contributed by atoms with Crippen molar-refractivity contribution in [2.24, 2.45) is 0 Å². The molecule has 0 amide bonds. The molecule has 14 heteroatoms. The minimum Gasteiger partial charge on any atom is -0.465 e. The van der Waals surface area contributed by atoms with Crippen LogP contribution in [0.1, 0.15) is 31.1 Å². The van der Waals surface area contributed by atoms with Crippen molar-refractivity contribution in [3.63, 3.8) is 0 Å². The largest absolute Gasteiger partial charge is 0.465 e.